The molecule has 0 amide bonds. The molecule has 0 aliphatic rings. The molecule has 0 fully saturated rings. The van der Waals surface area contributed by atoms with Gasteiger partial charge in [-0.1, -0.05) is 49.0 Å². The van der Waals surface area contributed by atoms with Crippen LogP contribution < -0.4 is 0 Å². The van der Waals surface area contributed by atoms with Crippen LogP contribution in [0, 0.1) is 6.92 Å². The Labute approximate surface area is 130 Å². The molecule has 1 aromatic carbocycles. The number of unbranched alkanes of at least 4 members (excludes halogenated alkanes) is 1. The second-order valence-corrected chi connectivity index (χ2v) is 5.98. The van der Waals surface area contributed by atoms with Crippen molar-refractivity contribution in [3.63, 3.8) is 0 Å². The molecule has 2 nitrogen and oxygen atoms in total. The van der Waals surface area contributed by atoms with Gasteiger partial charge in [0.1, 0.15) is 5.82 Å². The molecule has 0 radical (unpaired) electrons. The van der Waals surface area contributed by atoms with Gasteiger partial charge >= 0.3 is 0 Å². The fourth-order valence-electron chi connectivity index (χ4n) is 2.46. The Morgan fingerprint density at radius 1 is 1.30 bits per heavy atom. The SMILES string of the molecule is CCCCC(Cn1ccnc1C)c1ccc(Cl)cc1Cl. The van der Waals surface area contributed by atoms with Crippen molar-refractivity contribution < 1.29 is 0 Å². The Morgan fingerprint density at radius 2 is 2.10 bits per heavy atom. The number of hydrogen-bond donors (Lipinski definition) is 0. The highest BCUT2D eigenvalue weighted by Gasteiger charge is 2.16. The average molecular weight is 311 g/mol. The maximum Gasteiger partial charge on any atom is 0.105 e. The zero-order chi connectivity index (χ0) is 14.5. The van der Waals surface area contributed by atoms with Gasteiger partial charge in [0.15, 0.2) is 0 Å². The summed E-state index contributed by atoms with van der Waals surface area (Å²) in [6.45, 7) is 5.15. The molecule has 1 heterocycles. The van der Waals surface area contributed by atoms with E-state index in [2.05, 4.69) is 22.5 Å². The molecule has 2 aromatic rings. The van der Waals surface area contributed by atoms with Crippen molar-refractivity contribution in [2.45, 2.75) is 45.6 Å². The van der Waals surface area contributed by atoms with Gasteiger partial charge in [0.25, 0.3) is 0 Å². The maximum atomic E-state index is 6.37. The van der Waals surface area contributed by atoms with Crippen molar-refractivity contribution in [2.24, 2.45) is 0 Å². The maximum absolute atomic E-state index is 6.37. The molecule has 4 heteroatoms. The van der Waals surface area contributed by atoms with Crippen molar-refractivity contribution in [3.8, 4) is 0 Å². The molecule has 0 bridgehead atoms. The quantitative estimate of drug-likeness (QED) is 0.691. The Kier molecular flexibility index (Phi) is 5.50. The van der Waals surface area contributed by atoms with Crippen LogP contribution in [0.25, 0.3) is 0 Å². The molecule has 2 rings (SSSR count). The van der Waals surface area contributed by atoms with Gasteiger partial charge in [-0.2, -0.15) is 0 Å². The highest BCUT2D eigenvalue weighted by Crippen LogP contribution is 2.32. The van der Waals surface area contributed by atoms with Crippen molar-refractivity contribution in [2.75, 3.05) is 0 Å². The second kappa shape index (κ2) is 7.14. The number of aromatic nitrogens is 2. The summed E-state index contributed by atoms with van der Waals surface area (Å²) in [5.74, 6) is 1.43. The van der Waals surface area contributed by atoms with Gasteiger partial charge in [-0.25, -0.2) is 4.98 Å². The van der Waals surface area contributed by atoms with E-state index in [9.17, 15) is 0 Å². The molecule has 1 aromatic heterocycles. The topological polar surface area (TPSA) is 17.8 Å². The third-order valence-corrected chi connectivity index (χ3v) is 4.21. The lowest BCUT2D eigenvalue weighted by Gasteiger charge is -2.20. The predicted molar refractivity (Wildman–Crippen MR) is 85.7 cm³/mol. The second-order valence-electron chi connectivity index (χ2n) is 5.13. The lowest BCUT2D eigenvalue weighted by Crippen LogP contribution is -2.11. The molecule has 0 saturated heterocycles. The minimum absolute atomic E-state index is 0.396. The monoisotopic (exact) mass is 310 g/mol. The molecular formula is C16H20Cl2N2. The van der Waals surface area contributed by atoms with E-state index < -0.39 is 0 Å². The summed E-state index contributed by atoms with van der Waals surface area (Å²) >= 11 is 12.4. The van der Waals surface area contributed by atoms with Crippen LogP contribution in [-0.4, -0.2) is 9.55 Å². The zero-order valence-electron chi connectivity index (χ0n) is 11.9. The van der Waals surface area contributed by atoms with E-state index in [4.69, 9.17) is 23.2 Å². The van der Waals surface area contributed by atoms with Crippen LogP contribution in [0.3, 0.4) is 0 Å². The summed E-state index contributed by atoms with van der Waals surface area (Å²) in [5, 5.41) is 1.45. The lowest BCUT2D eigenvalue weighted by molar-refractivity contribution is 0.498. The zero-order valence-corrected chi connectivity index (χ0v) is 13.5. The summed E-state index contributed by atoms with van der Waals surface area (Å²) in [6.07, 6.45) is 7.37. The van der Waals surface area contributed by atoms with Crippen LogP contribution in [0.5, 0.6) is 0 Å². The van der Waals surface area contributed by atoms with E-state index in [1.165, 1.54) is 18.4 Å². The summed E-state index contributed by atoms with van der Waals surface area (Å²) < 4.78 is 2.19. The third kappa shape index (κ3) is 3.77. The van der Waals surface area contributed by atoms with Crippen LogP contribution in [0.15, 0.2) is 30.6 Å². The predicted octanol–water partition coefficient (Wildman–Crippen LogP) is 5.47. The minimum Gasteiger partial charge on any atom is -0.335 e. The number of benzene rings is 1. The van der Waals surface area contributed by atoms with Gasteiger partial charge in [0.05, 0.1) is 0 Å². The average Bonchev–Trinajstić information content (AvgIpc) is 2.80. The molecule has 0 saturated carbocycles. The van der Waals surface area contributed by atoms with Crippen LogP contribution in [0.1, 0.15) is 43.5 Å². The van der Waals surface area contributed by atoms with Crippen molar-refractivity contribution in [1.82, 2.24) is 9.55 Å². The molecule has 1 atom stereocenters. The van der Waals surface area contributed by atoms with Crippen LogP contribution in [0.2, 0.25) is 10.0 Å². The highest BCUT2D eigenvalue weighted by atomic mass is 35.5. The summed E-state index contributed by atoms with van der Waals surface area (Å²) in [6, 6.07) is 5.80. The van der Waals surface area contributed by atoms with Crippen LogP contribution in [0.4, 0.5) is 0 Å². The largest absolute Gasteiger partial charge is 0.335 e. The van der Waals surface area contributed by atoms with E-state index in [0.29, 0.717) is 10.9 Å². The van der Waals surface area contributed by atoms with Crippen molar-refractivity contribution >= 4 is 23.2 Å². The Balaban J connectivity index is 2.24. The molecular weight excluding hydrogens is 291 g/mol. The number of nitrogens with zero attached hydrogens (tertiary/aromatic N) is 2. The first-order chi connectivity index (χ1) is 9.61. The van der Waals surface area contributed by atoms with Gasteiger partial charge in [0, 0.05) is 34.9 Å². The first-order valence-corrected chi connectivity index (χ1v) is 7.80. The Morgan fingerprint density at radius 3 is 2.70 bits per heavy atom. The fourth-order valence-corrected chi connectivity index (χ4v) is 3.03. The highest BCUT2D eigenvalue weighted by molar-refractivity contribution is 6.35. The summed E-state index contributed by atoms with van der Waals surface area (Å²) in [5.41, 5.74) is 1.18. The molecule has 108 valence electrons. The van der Waals surface area contributed by atoms with Gasteiger partial charge in [-0.15, -0.1) is 0 Å². The van der Waals surface area contributed by atoms with Gasteiger partial charge in [0.2, 0.25) is 0 Å². The van der Waals surface area contributed by atoms with E-state index in [1.807, 2.05) is 31.5 Å². The van der Waals surface area contributed by atoms with E-state index in [0.717, 1.165) is 23.8 Å². The first-order valence-electron chi connectivity index (χ1n) is 7.04. The van der Waals surface area contributed by atoms with E-state index in [-0.39, 0.29) is 0 Å². The lowest BCUT2D eigenvalue weighted by atomic mass is 9.93. The van der Waals surface area contributed by atoms with Crippen LogP contribution >= 0.6 is 23.2 Å². The normalized spacial score (nSPS) is 12.6. The number of aryl methyl sites for hydroxylation is 1. The first kappa shape index (κ1) is 15.4. The minimum atomic E-state index is 0.396. The molecule has 1 unspecified atom stereocenters. The Hall–Kier alpha value is -0.990. The molecule has 0 N–H and O–H groups in total. The number of halogens is 2. The van der Waals surface area contributed by atoms with E-state index in [1.54, 1.807) is 0 Å². The third-order valence-electron chi connectivity index (χ3n) is 3.65. The number of hydrogen-bond acceptors (Lipinski definition) is 1. The number of rotatable bonds is 6. The van der Waals surface area contributed by atoms with E-state index >= 15 is 0 Å². The standard InChI is InChI=1S/C16H20Cl2N2/c1-3-4-5-13(11-20-9-8-19-12(20)2)15-7-6-14(17)10-16(15)18/h6-10,13H,3-5,11H2,1-2H3. The summed E-state index contributed by atoms with van der Waals surface area (Å²) in [4.78, 5) is 4.29. The van der Waals surface area contributed by atoms with Crippen molar-refractivity contribution in [1.29, 1.82) is 0 Å². The van der Waals surface area contributed by atoms with Crippen molar-refractivity contribution in [3.05, 3.63) is 52.0 Å². The molecule has 0 aliphatic carbocycles. The fraction of sp³-hybridized carbons (Fsp3) is 0.438. The Bertz CT molecular complexity index is 563. The van der Waals surface area contributed by atoms with Gasteiger partial charge < -0.3 is 4.57 Å². The van der Waals surface area contributed by atoms with Gasteiger partial charge in [-0.05, 0) is 31.0 Å². The summed E-state index contributed by atoms with van der Waals surface area (Å²) in [7, 11) is 0. The number of imidazole rings is 1. The molecule has 0 spiro atoms. The van der Waals surface area contributed by atoms with Crippen LogP contribution in [-0.2, 0) is 6.54 Å². The molecule has 20 heavy (non-hydrogen) atoms. The van der Waals surface area contributed by atoms with Gasteiger partial charge in [-0.3, -0.25) is 0 Å². The molecule has 0 aliphatic heterocycles. The smallest absolute Gasteiger partial charge is 0.105 e.